The summed E-state index contributed by atoms with van der Waals surface area (Å²) in [4.78, 5) is 4.33. The number of rotatable bonds is 3. The summed E-state index contributed by atoms with van der Waals surface area (Å²) in [6.07, 6.45) is 3.47. The van der Waals surface area contributed by atoms with Crippen molar-refractivity contribution in [2.75, 3.05) is 4.72 Å². The van der Waals surface area contributed by atoms with E-state index in [1.165, 1.54) is 18.2 Å². The van der Waals surface area contributed by atoms with Gasteiger partial charge in [0, 0.05) is 12.4 Å². The van der Waals surface area contributed by atoms with Crippen LogP contribution in [0.4, 0.5) is 5.69 Å². The summed E-state index contributed by atoms with van der Waals surface area (Å²) in [6.45, 7) is 1.87. The third kappa shape index (κ3) is 2.90. The molecule has 0 bridgehead atoms. The molecule has 0 aliphatic rings. The number of aromatic nitrogens is 2. The van der Waals surface area contributed by atoms with Crippen LogP contribution >= 0.6 is 23.2 Å². The second-order valence-electron chi connectivity index (χ2n) is 4.75. The van der Waals surface area contributed by atoms with E-state index in [0.717, 1.165) is 11.3 Å². The zero-order valence-electron chi connectivity index (χ0n) is 11.4. The van der Waals surface area contributed by atoms with Crippen LogP contribution in [0.1, 0.15) is 5.69 Å². The summed E-state index contributed by atoms with van der Waals surface area (Å²) in [7, 11) is -3.74. The minimum absolute atomic E-state index is 0.0452. The average molecular weight is 356 g/mol. The van der Waals surface area contributed by atoms with Crippen LogP contribution in [-0.2, 0) is 10.0 Å². The first-order valence-corrected chi connectivity index (χ1v) is 8.52. The Morgan fingerprint density at radius 2 is 1.86 bits per heavy atom. The number of nitrogens with one attached hydrogen (secondary N) is 1. The summed E-state index contributed by atoms with van der Waals surface area (Å²) in [5, 5.41) is 0.487. The van der Waals surface area contributed by atoms with Gasteiger partial charge in [-0.15, -0.1) is 0 Å². The minimum Gasteiger partial charge on any atom is -0.305 e. The molecule has 8 heteroatoms. The number of benzene rings is 1. The normalized spacial score (nSPS) is 11.8. The first kappa shape index (κ1) is 15.1. The fourth-order valence-corrected chi connectivity index (χ4v) is 3.47. The van der Waals surface area contributed by atoms with Crippen LogP contribution in [0.3, 0.4) is 0 Å². The zero-order valence-corrected chi connectivity index (χ0v) is 13.7. The first-order valence-electron chi connectivity index (χ1n) is 6.28. The molecule has 0 saturated heterocycles. The smallest absolute Gasteiger partial charge is 0.261 e. The van der Waals surface area contributed by atoms with Gasteiger partial charge < -0.3 is 4.40 Å². The number of imidazole rings is 1. The number of hydrogen-bond donors (Lipinski definition) is 1. The summed E-state index contributed by atoms with van der Waals surface area (Å²) >= 11 is 11.7. The predicted molar refractivity (Wildman–Crippen MR) is 87.2 cm³/mol. The van der Waals surface area contributed by atoms with E-state index in [0.29, 0.717) is 10.7 Å². The third-order valence-corrected chi connectivity index (χ3v) is 5.14. The quantitative estimate of drug-likeness (QED) is 0.777. The van der Waals surface area contributed by atoms with Gasteiger partial charge in [0.15, 0.2) is 0 Å². The van der Waals surface area contributed by atoms with E-state index < -0.39 is 10.0 Å². The van der Waals surface area contributed by atoms with Gasteiger partial charge in [0.1, 0.15) is 5.65 Å². The van der Waals surface area contributed by atoms with E-state index in [1.54, 1.807) is 22.7 Å². The van der Waals surface area contributed by atoms with Gasteiger partial charge >= 0.3 is 0 Å². The standard InChI is InChI=1S/C14H11Cl2N3O2S/c1-9-7-19-8-10(2-5-14(19)17-9)18-22(20,21)11-3-4-12(15)13(16)6-11/h2-8,18H,1H3. The van der Waals surface area contributed by atoms with Gasteiger partial charge in [-0.3, -0.25) is 4.72 Å². The average Bonchev–Trinajstić information content (AvgIpc) is 2.80. The molecular formula is C14H11Cl2N3O2S. The lowest BCUT2D eigenvalue weighted by molar-refractivity contribution is 0.601. The highest BCUT2D eigenvalue weighted by Crippen LogP contribution is 2.26. The number of nitrogens with zero attached hydrogens (tertiary/aromatic N) is 2. The highest BCUT2D eigenvalue weighted by molar-refractivity contribution is 7.92. The topological polar surface area (TPSA) is 63.5 Å². The molecule has 1 N–H and O–H groups in total. The molecule has 0 amide bonds. The van der Waals surface area contributed by atoms with Crippen LogP contribution in [0.2, 0.25) is 10.0 Å². The van der Waals surface area contributed by atoms with Crippen molar-refractivity contribution in [2.45, 2.75) is 11.8 Å². The van der Waals surface area contributed by atoms with Crippen LogP contribution in [0.5, 0.6) is 0 Å². The lowest BCUT2D eigenvalue weighted by atomic mass is 10.4. The molecule has 2 heterocycles. The lowest BCUT2D eigenvalue weighted by Gasteiger charge is -2.09. The number of hydrogen-bond acceptors (Lipinski definition) is 3. The second kappa shape index (κ2) is 5.46. The molecule has 2 aromatic heterocycles. The molecule has 0 aliphatic heterocycles. The molecule has 0 saturated carbocycles. The van der Waals surface area contributed by atoms with Crippen LogP contribution < -0.4 is 4.72 Å². The Hall–Kier alpha value is -1.76. The van der Waals surface area contributed by atoms with Crippen molar-refractivity contribution < 1.29 is 8.42 Å². The maximum Gasteiger partial charge on any atom is 0.261 e. The maximum atomic E-state index is 12.4. The number of sulfonamides is 1. The summed E-state index contributed by atoms with van der Waals surface area (Å²) in [6, 6.07) is 7.54. The largest absolute Gasteiger partial charge is 0.305 e. The van der Waals surface area contributed by atoms with Crippen LogP contribution in [0, 0.1) is 6.92 Å². The molecule has 3 rings (SSSR count). The Balaban J connectivity index is 1.96. The Labute approximate surface area is 137 Å². The summed E-state index contributed by atoms with van der Waals surface area (Å²) < 4.78 is 29.0. The van der Waals surface area contributed by atoms with E-state index in [-0.39, 0.29) is 9.92 Å². The number of aryl methyl sites for hydroxylation is 1. The number of halogens is 2. The number of pyridine rings is 1. The van der Waals surface area contributed by atoms with Gasteiger partial charge in [-0.25, -0.2) is 13.4 Å². The first-order chi connectivity index (χ1) is 10.3. The zero-order chi connectivity index (χ0) is 15.9. The van der Waals surface area contributed by atoms with Crippen LogP contribution in [0.25, 0.3) is 5.65 Å². The molecule has 3 aromatic rings. The molecule has 22 heavy (non-hydrogen) atoms. The highest BCUT2D eigenvalue weighted by atomic mass is 35.5. The second-order valence-corrected chi connectivity index (χ2v) is 7.24. The van der Waals surface area contributed by atoms with Gasteiger partial charge in [-0.05, 0) is 37.3 Å². The van der Waals surface area contributed by atoms with Crippen LogP contribution in [0.15, 0.2) is 47.6 Å². The third-order valence-electron chi connectivity index (χ3n) is 3.03. The van der Waals surface area contributed by atoms with Crippen molar-refractivity contribution in [1.29, 1.82) is 0 Å². The van der Waals surface area contributed by atoms with Crippen molar-refractivity contribution in [3.8, 4) is 0 Å². The number of fused-ring (bicyclic) bond motifs is 1. The van der Waals surface area contributed by atoms with Crippen molar-refractivity contribution >= 4 is 44.6 Å². The molecule has 0 radical (unpaired) electrons. The van der Waals surface area contributed by atoms with Crippen LogP contribution in [-0.4, -0.2) is 17.8 Å². The van der Waals surface area contributed by atoms with E-state index in [4.69, 9.17) is 23.2 Å². The van der Waals surface area contributed by atoms with Gasteiger partial charge in [0.05, 0.1) is 26.3 Å². The fraction of sp³-hybridized carbons (Fsp3) is 0.0714. The monoisotopic (exact) mass is 355 g/mol. The SMILES string of the molecule is Cc1cn2cc(NS(=O)(=O)c3ccc(Cl)c(Cl)c3)ccc2n1. The molecule has 0 aliphatic carbocycles. The van der Waals surface area contributed by atoms with E-state index in [9.17, 15) is 8.42 Å². The Bertz CT molecular complexity index is 967. The molecule has 114 valence electrons. The van der Waals surface area contributed by atoms with Gasteiger partial charge in [0.25, 0.3) is 10.0 Å². The van der Waals surface area contributed by atoms with Gasteiger partial charge in [-0.1, -0.05) is 23.2 Å². The summed E-state index contributed by atoms with van der Waals surface area (Å²) in [5.74, 6) is 0. The molecule has 0 atom stereocenters. The Morgan fingerprint density at radius 1 is 1.09 bits per heavy atom. The number of anilines is 1. The van der Waals surface area contributed by atoms with Crippen molar-refractivity contribution in [3.05, 3.63) is 58.5 Å². The van der Waals surface area contributed by atoms with E-state index in [1.807, 2.05) is 13.1 Å². The Morgan fingerprint density at radius 3 is 2.59 bits per heavy atom. The molecule has 5 nitrogen and oxygen atoms in total. The molecule has 0 unspecified atom stereocenters. The van der Waals surface area contributed by atoms with Crippen molar-refractivity contribution in [2.24, 2.45) is 0 Å². The van der Waals surface area contributed by atoms with E-state index in [2.05, 4.69) is 9.71 Å². The van der Waals surface area contributed by atoms with Gasteiger partial charge in [-0.2, -0.15) is 0 Å². The van der Waals surface area contributed by atoms with E-state index >= 15 is 0 Å². The highest BCUT2D eigenvalue weighted by Gasteiger charge is 2.16. The van der Waals surface area contributed by atoms with Crippen molar-refractivity contribution in [1.82, 2.24) is 9.38 Å². The molecule has 0 spiro atoms. The van der Waals surface area contributed by atoms with Crippen molar-refractivity contribution in [3.63, 3.8) is 0 Å². The maximum absolute atomic E-state index is 12.4. The van der Waals surface area contributed by atoms with Gasteiger partial charge in [0.2, 0.25) is 0 Å². The molecular weight excluding hydrogens is 345 g/mol. The fourth-order valence-electron chi connectivity index (χ4n) is 2.04. The Kier molecular flexibility index (Phi) is 3.76. The molecule has 1 aromatic carbocycles. The predicted octanol–water partition coefficient (Wildman–Crippen LogP) is 3.75. The lowest BCUT2D eigenvalue weighted by Crippen LogP contribution is -2.13. The molecule has 0 fully saturated rings. The minimum atomic E-state index is -3.74. The summed E-state index contributed by atoms with van der Waals surface area (Å²) in [5.41, 5.74) is 2.02.